The summed E-state index contributed by atoms with van der Waals surface area (Å²) in [6.07, 6.45) is 7.03. The number of benzene rings is 1. The molecule has 6 N–H and O–H groups in total. The van der Waals surface area contributed by atoms with Crippen LogP contribution in [0.4, 0.5) is 10.6 Å². The molecule has 40 heavy (non-hydrogen) atoms. The molecule has 1 atom stereocenters. The Balaban J connectivity index is 0.00000370. The number of carbonyl (C=O) groups is 2. The summed E-state index contributed by atoms with van der Waals surface area (Å²) in [5.41, 5.74) is 13.6. The highest BCUT2D eigenvalue weighted by molar-refractivity contribution is 5.89. The maximum absolute atomic E-state index is 12.9. The number of aryl methyl sites for hydroxylation is 1. The molecule has 11 nitrogen and oxygen atoms in total. The highest BCUT2D eigenvalue weighted by atomic mass is 35.5. The van der Waals surface area contributed by atoms with Crippen molar-refractivity contribution in [2.45, 2.75) is 63.6 Å². The first-order chi connectivity index (χ1) is 18.6. The first-order valence-electron chi connectivity index (χ1n) is 13.9. The Kier molecular flexibility index (Phi) is 9.19. The average molecular weight is 573 g/mol. The molecular formula is C28H41ClN8O3. The summed E-state index contributed by atoms with van der Waals surface area (Å²) in [6.45, 7) is 5.70. The van der Waals surface area contributed by atoms with Crippen LogP contribution in [0.25, 0.3) is 5.69 Å². The van der Waals surface area contributed by atoms with Gasteiger partial charge in [-0.05, 0) is 87.7 Å². The van der Waals surface area contributed by atoms with Crippen LogP contribution in [0.2, 0.25) is 0 Å². The van der Waals surface area contributed by atoms with Gasteiger partial charge in [0.2, 0.25) is 5.91 Å². The Morgan fingerprint density at radius 2 is 1.75 bits per heavy atom. The van der Waals surface area contributed by atoms with E-state index in [1.165, 1.54) is 15.7 Å². The molecule has 1 aromatic carbocycles. The van der Waals surface area contributed by atoms with Crippen LogP contribution in [0, 0.1) is 5.92 Å². The van der Waals surface area contributed by atoms with Crippen LogP contribution in [0.15, 0.2) is 35.3 Å². The van der Waals surface area contributed by atoms with E-state index in [4.69, 9.17) is 11.5 Å². The highest BCUT2D eigenvalue weighted by Gasteiger charge is 2.32. The molecule has 1 aromatic heterocycles. The van der Waals surface area contributed by atoms with Crippen molar-refractivity contribution < 1.29 is 9.59 Å². The van der Waals surface area contributed by atoms with Crippen LogP contribution in [0.1, 0.15) is 44.2 Å². The van der Waals surface area contributed by atoms with Gasteiger partial charge in [-0.3, -0.25) is 14.7 Å². The molecule has 0 bridgehead atoms. The van der Waals surface area contributed by atoms with E-state index in [1.54, 1.807) is 35.9 Å². The lowest BCUT2D eigenvalue weighted by molar-refractivity contribution is -0.137. The summed E-state index contributed by atoms with van der Waals surface area (Å²) < 4.78 is 1.50. The van der Waals surface area contributed by atoms with Crippen LogP contribution in [0.3, 0.4) is 0 Å². The van der Waals surface area contributed by atoms with Gasteiger partial charge in [-0.1, -0.05) is 6.07 Å². The number of aromatic nitrogens is 2. The molecule has 5 rings (SSSR count). The first-order valence-corrected chi connectivity index (χ1v) is 13.9. The predicted octanol–water partition coefficient (Wildman–Crippen LogP) is 1.25. The van der Waals surface area contributed by atoms with E-state index < -0.39 is 11.2 Å². The number of nitrogens with two attached hydrogens (primary N) is 2. The maximum atomic E-state index is 12.9. The SMILES string of the molecule is CC(C)(N)C(=O)N1CCN(C(=O)Nc2ccn(-c3ccc4c(c3)CC(N[C@H]3C[C@@H](CN)C3)CC4)c(=O)n2)CC1.Cl. The Hall–Kier alpha value is -2.99. The molecule has 1 saturated carbocycles. The molecule has 2 fully saturated rings. The number of halogens is 1. The third kappa shape index (κ3) is 6.65. The average Bonchev–Trinajstić information content (AvgIpc) is 2.89. The van der Waals surface area contributed by atoms with E-state index in [1.807, 2.05) is 6.07 Å². The molecule has 3 amide bonds. The van der Waals surface area contributed by atoms with Crippen LogP contribution >= 0.6 is 12.4 Å². The fraction of sp³-hybridized carbons (Fsp3) is 0.571. The monoisotopic (exact) mass is 572 g/mol. The smallest absolute Gasteiger partial charge is 0.338 e. The van der Waals surface area contributed by atoms with Gasteiger partial charge in [-0.2, -0.15) is 4.98 Å². The lowest BCUT2D eigenvalue weighted by Gasteiger charge is -2.39. The lowest BCUT2D eigenvalue weighted by Crippen LogP contribution is -2.58. The number of amides is 3. The number of piperazine rings is 1. The molecule has 3 aliphatic rings. The van der Waals surface area contributed by atoms with Crippen molar-refractivity contribution in [3.8, 4) is 5.69 Å². The fourth-order valence-corrected chi connectivity index (χ4v) is 5.81. The van der Waals surface area contributed by atoms with Gasteiger partial charge in [0.25, 0.3) is 0 Å². The van der Waals surface area contributed by atoms with Gasteiger partial charge in [0.15, 0.2) is 0 Å². The standard InChI is InChI=1S/C28H40N8O3.ClH/c1-28(2,30)25(37)34-9-11-35(12-10-34)26(38)32-24-7-8-36(27(39)33-24)23-6-4-19-3-5-21(15-20(19)16-23)31-22-13-18(14-22)17-29;/h4,6-8,16,18,21-22,31H,3,5,9-15,17,29-30H2,1-2H3,(H,32,33,38,39);1H/t18-,21?,22+;. The quantitative estimate of drug-likeness (QED) is 0.406. The Morgan fingerprint density at radius 1 is 1.05 bits per heavy atom. The lowest BCUT2D eigenvalue weighted by atomic mass is 9.79. The summed E-state index contributed by atoms with van der Waals surface area (Å²) in [4.78, 5) is 45.4. The van der Waals surface area contributed by atoms with Crippen LogP contribution in [-0.2, 0) is 17.6 Å². The zero-order valence-corrected chi connectivity index (χ0v) is 24.1. The third-order valence-corrected chi connectivity index (χ3v) is 8.18. The Bertz CT molecular complexity index is 1280. The molecular weight excluding hydrogens is 532 g/mol. The summed E-state index contributed by atoms with van der Waals surface area (Å²) in [5.74, 6) is 0.712. The molecule has 218 valence electrons. The van der Waals surface area contributed by atoms with Crippen LogP contribution in [-0.4, -0.2) is 81.6 Å². The third-order valence-electron chi connectivity index (χ3n) is 8.18. The van der Waals surface area contributed by atoms with Crippen LogP contribution < -0.4 is 27.8 Å². The Labute approximate surface area is 241 Å². The normalized spacial score (nSPS) is 22.6. The second kappa shape index (κ2) is 12.3. The minimum Gasteiger partial charge on any atom is -0.338 e. The number of anilines is 1. The molecule has 2 aliphatic carbocycles. The zero-order chi connectivity index (χ0) is 27.7. The maximum Gasteiger partial charge on any atom is 0.354 e. The summed E-state index contributed by atoms with van der Waals surface area (Å²) >= 11 is 0. The largest absolute Gasteiger partial charge is 0.354 e. The van der Waals surface area contributed by atoms with Gasteiger partial charge in [-0.25, -0.2) is 9.59 Å². The van der Waals surface area contributed by atoms with Gasteiger partial charge in [0.1, 0.15) is 5.82 Å². The number of nitrogens with zero attached hydrogens (tertiary/aromatic N) is 4. The van der Waals surface area contributed by atoms with Crippen molar-refractivity contribution >= 4 is 30.2 Å². The van der Waals surface area contributed by atoms with Crippen LogP contribution in [0.5, 0.6) is 0 Å². The minimum absolute atomic E-state index is 0. The van der Waals surface area contributed by atoms with Gasteiger partial charge in [0.05, 0.1) is 11.2 Å². The molecule has 12 heteroatoms. The summed E-state index contributed by atoms with van der Waals surface area (Å²) in [5, 5.41) is 6.51. The number of rotatable bonds is 6. The second-order valence-corrected chi connectivity index (χ2v) is 11.7. The summed E-state index contributed by atoms with van der Waals surface area (Å²) in [7, 11) is 0. The number of nitrogens with one attached hydrogen (secondary N) is 2. The van der Waals surface area contributed by atoms with Gasteiger partial charge >= 0.3 is 11.7 Å². The number of fused-ring (bicyclic) bond motifs is 1. The van der Waals surface area contributed by atoms with Crippen molar-refractivity contribution in [2.24, 2.45) is 17.4 Å². The van der Waals surface area contributed by atoms with Crippen molar-refractivity contribution in [3.05, 3.63) is 52.1 Å². The first kappa shape index (κ1) is 30.0. The topological polar surface area (TPSA) is 152 Å². The molecule has 2 heterocycles. The number of hydrogen-bond donors (Lipinski definition) is 4. The van der Waals surface area contributed by atoms with E-state index in [-0.39, 0.29) is 30.2 Å². The molecule has 2 aromatic rings. The molecule has 0 spiro atoms. The van der Waals surface area contributed by atoms with Gasteiger partial charge < -0.3 is 26.6 Å². The molecule has 0 radical (unpaired) electrons. The number of urea groups is 1. The number of carbonyl (C=O) groups excluding carboxylic acids is 2. The zero-order valence-electron chi connectivity index (χ0n) is 23.3. The number of hydrogen-bond acceptors (Lipinski definition) is 7. The van der Waals surface area contributed by atoms with Gasteiger partial charge in [0, 0.05) is 44.5 Å². The molecule has 1 aliphatic heterocycles. The van der Waals surface area contributed by atoms with E-state index in [0.717, 1.165) is 44.3 Å². The fourth-order valence-electron chi connectivity index (χ4n) is 5.81. The highest BCUT2D eigenvalue weighted by Crippen LogP contribution is 2.29. The van der Waals surface area contributed by atoms with E-state index in [2.05, 4.69) is 27.8 Å². The minimum atomic E-state index is -0.945. The summed E-state index contributed by atoms with van der Waals surface area (Å²) in [6, 6.07) is 8.41. The van der Waals surface area contributed by atoms with E-state index in [0.29, 0.717) is 44.2 Å². The Morgan fingerprint density at radius 3 is 2.40 bits per heavy atom. The van der Waals surface area contributed by atoms with Crippen molar-refractivity contribution in [1.82, 2.24) is 24.7 Å². The van der Waals surface area contributed by atoms with Crippen molar-refractivity contribution in [3.63, 3.8) is 0 Å². The van der Waals surface area contributed by atoms with Crippen molar-refractivity contribution in [1.29, 1.82) is 0 Å². The van der Waals surface area contributed by atoms with Gasteiger partial charge in [-0.15, -0.1) is 12.4 Å². The molecule has 1 unspecified atom stereocenters. The van der Waals surface area contributed by atoms with Crippen molar-refractivity contribution in [2.75, 3.05) is 38.0 Å². The van der Waals surface area contributed by atoms with E-state index >= 15 is 0 Å². The van der Waals surface area contributed by atoms with E-state index in [9.17, 15) is 14.4 Å². The molecule has 1 saturated heterocycles. The predicted molar refractivity (Wildman–Crippen MR) is 157 cm³/mol. The second-order valence-electron chi connectivity index (χ2n) is 11.7.